The zero-order chi connectivity index (χ0) is 14.7. The van der Waals surface area contributed by atoms with Crippen LogP contribution in [0, 0.1) is 6.92 Å². The summed E-state index contributed by atoms with van der Waals surface area (Å²) in [5.74, 6) is 0.548. The molecule has 0 fully saturated rings. The Hall–Kier alpha value is -2.50. The highest BCUT2D eigenvalue weighted by Crippen LogP contribution is 2.28. The van der Waals surface area contributed by atoms with Crippen molar-refractivity contribution in [1.29, 1.82) is 0 Å². The van der Waals surface area contributed by atoms with E-state index in [9.17, 15) is 4.79 Å². The zero-order valence-corrected chi connectivity index (χ0v) is 11.7. The average Bonchev–Trinajstić information content (AvgIpc) is 2.70. The molecule has 0 aliphatic carbocycles. The molecule has 0 amide bonds. The van der Waals surface area contributed by atoms with Gasteiger partial charge in [-0.25, -0.2) is 9.48 Å². The molecule has 0 saturated carbocycles. The first kappa shape index (κ1) is 13.9. The smallest absolute Gasteiger partial charge is 0.338 e. The standard InChI is InChI=1S/C14H17N3O3/c1-4-19-14(18)10-5-6-11(15)12(8-10)20-13-7-9(2)16-17(13)3/h5-8H,4,15H2,1-3H3. The number of aromatic nitrogens is 2. The number of anilines is 1. The highest BCUT2D eigenvalue weighted by Gasteiger charge is 2.12. The summed E-state index contributed by atoms with van der Waals surface area (Å²) in [6.07, 6.45) is 0. The number of nitrogen functional groups attached to an aromatic ring is 1. The Kier molecular flexibility index (Phi) is 3.93. The molecule has 106 valence electrons. The van der Waals surface area contributed by atoms with Crippen molar-refractivity contribution in [2.24, 2.45) is 7.05 Å². The number of carbonyl (C=O) groups is 1. The van der Waals surface area contributed by atoms with E-state index in [0.29, 0.717) is 29.5 Å². The van der Waals surface area contributed by atoms with Crippen LogP contribution in [-0.4, -0.2) is 22.4 Å². The zero-order valence-electron chi connectivity index (χ0n) is 11.7. The molecule has 20 heavy (non-hydrogen) atoms. The van der Waals surface area contributed by atoms with Crippen LogP contribution in [0.1, 0.15) is 23.0 Å². The SMILES string of the molecule is CCOC(=O)c1ccc(N)c(Oc2cc(C)nn2C)c1. The molecule has 0 saturated heterocycles. The van der Waals surface area contributed by atoms with E-state index in [1.807, 2.05) is 6.92 Å². The Morgan fingerprint density at radius 3 is 2.75 bits per heavy atom. The summed E-state index contributed by atoms with van der Waals surface area (Å²) in [7, 11) is 1.77. The molecular formula is C14H17N3O3. The first-order valence-corrected chi connectivity index (χ1v) is 6.26. The summed E-state index contributed by atoms with van der Waals surface area (Å²) in [4.78, 5) is 11.7. The van der Waals surface area contributed by atoms with Crippen LogP contribution >= 0.6 is 0 Å². The number of hydrogen-bond acceptors (Lipinski definition) is 5. The fourth-order valence-corrected chi connectivity index (χ4v) is 1.76. The minimum Gasteiger partial charge on any atom is -0.462 e. The van der Waals surface area contributed by atoms with Crippen LogP contribution in [0.2, 0.25) is 0 Å². The lowest BCUT2D eigenvalue weighted by molar-refractivity contribution is 0.0526. The third-order valence-corrected chi connectivity index (χ3v) is 2.70. The molecule has 0 bridgehead atoms. The van der Waals surface area contributed by atoms with Gasteiger partial charge in [0.25, 0.3) is 0 Å². The summed E-state index contributed by atoms with van der Waals surface area (Å²) in [6, 6.07) is 6.58. The molecular weight excluding hydrogens is 258 g/mol. The molecule has 0 spiro atoms. The highest BCUT2D eigenvalue weighted by molar-refractivity contribution is 5.90. The third kappa shape index (κ3) is 2.90. The third-order valence-electron chi connectivity index (χ3n) is 2.70. The molecule has 0 aliphatic rings. The van der Waals surface area contributed by atoms with E-state index < -0.39 is 5.97 Å². The van der Waals surface area contributed by atoms with Crippen molar-refractivity contribution < 1.29 is 14.3 Å². The number of nitrogens with two attached hydrogens (primary N) is 1. The number of esters is 1. The van der Waals surface area contributed by atoms with E-state index in [1.165, 1.54) is 0 Å². The van der Waals surface area contributed by atoms with Gasteiger partial charge in [-0.3, -0.25) is 0 Å². The van der Waals surface area contributed by atoms with E-state index in [2.05, 4.69) is 5.10 Å². The Morgan fingerprint density at radius 2 is 2.15 bits per heavy atom. The van der Waals surface area contributed by atoms with Crippen molar-refractivity contribution >= 4 is 11.7 Å². The largest absolute Gasteiger partial charge is 0.462 e. The quantitative estimate of drug-likeness (QED) is 0.684. The van der Waals surface area contributed by atoms with Gasteiger partial charge in [-0.05, 0) is 32.0 Å². The monoisotopic (exact) mass is 275 g/mol. The molecule has 0 radical (unpaired) electrons. The molecule has 6 heteroatoms. The predicted molar refractivity (Wildman–Crippen MR) is 74.8 cm³/mol. The van der Waals surface area contributed by atoms with Gasteiger partial charge in [0, 0.05) is 13.1 Å². The van der Waals surface area contributed by atoms with Crippen LogP contribution in [0.4, 0.5) is 5.69 Å². The van der Waals surface area contributed by atoms with E-state index in [0.717, 1.165) is 5.69 Å². The summed E-state index contributed by atoms with van der Waals surface area (Å²) in [5, 5.41) is 4.18. The summed E-state index contributed by atoms with van der Waals surface area (Å²) in [5.41, 5.74) is 7.54. The second-order valence-corrected chi connectivity index (χ2v) is 4.32. The van der Waals surface area contributed by atoms with Gasteiger partial charge in [0.15, 0.2) is 5.75 Å². The average molecular weight is 275 g/mol. The molecule has 6 nitrogen and oxygen atoms in total. The van der Waals surface area contributed by atoms with Crippen molar-refractivity contribution in [3.8, 4) is 11.6 Å². The second kappa shape index (κ2) is 5.64. The number of hydrogen-bond donors (Lipinski definition) is 1. The first-order valence-electron chi connectivity index (χ1n) is 6.26. The van der Waals surface area contributed by atoms with Gasteiger partial charge in [-0.1, -0.05) is 0 Å². The van der Waals surface area contributed by atoms with E-state index in [1.54, 1.807) is 42.9 Å². The Labute approximate surface area is 117 Å². The first-order chi connectivity index (χ1) is 9.51. The van der Waals surface area contributed by atoms with Crippen LogP contribution in [0.5, 0.6) is 11.6 Å². The van der Waals surface area contributed by atoms with Gasteiger partial charge in [0.2, 0.25) is 5.88 Å². The molecule has 2 aromatic rings. The van der Waals surface area contributed by atoms with Crippen LogP contribution in [0.15, 0.2) is 24.3 Å². The number of benzene rings is 1. The van der Waals surface area contributed by atoms with Gasteiger partial charge < -0.3 is 15.2 Å². The Balaban J connectivity index is 2.29. The van der Waals surface area contributed by atoms with Gasteiger partial charge >= 0.3 is 5.97 Å². The number of ether oxygens (including phenoxy) is 2. The number of nitrogens with zero attached hydrogens (tertiary/aromatic N) is 2. The molecule has 0 unspecified atom stereocenters. The molecule has 1 aromatic carbocycles. The van der Waals surface area contributed by atoms with Crippen LogP contribution in [-0.2, 0) is 11.8 Å². The molecule has 2 rings (SSSR count). The van der Waals surface area contributed by atoms with Crippen LogP contribution < -0.4 is 10.5 Å². The van der Waals surface area contributed by atoms with Crippen molar-refractivity contribution in [3.05, 3.63) is 35.5 Å². The molecule has 0 aliphatic heterocycles. The number of rotatable bonds is 4. The maximum absolute atomic E-state index is 11.7. The fourth-order valence-electron chi connectivity index (χ4n) is 1.76. The minimum absolute atomic E-state index is 0.320. The lowest BCUT2D eigenvalue weighted by Gasteiger charge is -2.10. The fraction of sp³-hybridized carbons (Fsp3) is 0.286. The maximum Gasteiger partial charge on any atom is 0.338 e. The predicted octanol–water partition coefficient (Wildman–Crippen LogP) is 2.28. The van der Waals surface area contributed by atoms with E-state index in [-0.39, 0.29) is 0 Å². The van der Waals surface area contributed by atoms with Gasteiger partial charge in [0.05, 0.1) is 23.6 Å². The van der Waals surface area contributed by atoms with E-state index in [4.69, 9.17) is 15.2 Å². The van der Waals surface area contributed by atoms with E-state index >= 15 is 0 Å². The summed E-state index contributed by atoms with van der Waals surface area (Å²) >= 11 is 0. The number of aryl methyl sites for hydroxylation is 2. The van der Waals surface area contributed by atoms with Gasteiger partial charge in [0.1, 0.15) is 0 Å². The normalized spacial score (nSPS) is 10.3. The maximum atomic E-state index is 11.7. The Morgan fingerprint density at radius 1 is 1.40 bits per heavy atom. The van der Waals surface area contributed by atoms with Crippen LogP contribution in [0.3, 0.4) is 0 Å². The van der Waals surface area contributed by atoms with Gasteiger partial charge in [-0.15, -0.1) is 0 Å². The molecule has 0 atom stereocenters. The number of carbonyl (C=O) groups excluding carboxylic acids is 1. The van der Waals surface area contributed by atoms with Crippen molar-refractivity contribution in [2.45, 2.75) is 13.8 Å². The minimum atomic E-state index is -0.404. The molecule has 1 heterocycles. The van der Waals surface area contributed by atoms with Crippen molar-refractivity contribution in [1.82, 2.24) is 9.78 Å². The summed E-state index contributed by atoms with van der Waals surface area (Å²) in [6.45, 7) is 3.94. The van der Waals surface area contributed by atoms with Crippen LogP contribution in [0.25, 0.3) is 0 Å². The van der Waals surface area contributed by atoms with Gasteiger partial charge in [-0.2, -0.15) is 5.10 Å². The lowest BCUT2D eigenvalue weighted by Crippen LogP contribution is -2.05. The summed E-state index contributed by atoms with van der Waals surface area (Å²) < 4.78 is 12.2. The lowest BCUT2D eigenvalue weighted by atomic mass is 10.2. The highest BCUT2D eigenvalue weighted by atomic mass is 16.5. The van der Waals surface area contributed by atoms with Crippen molar-refractivity contribution in [2.75, 3.05) is 12.3 Å². The van der Waals surface area contributed by atoms with Crippen molar-refractivity contribution in [3.63, 3.8) is 0 Å². The molecule has 1 aromatic heterocycles. The second-order valence-electron chi connectivity index (χ2n) is 4.32. The Bertz CT molecular complexity index is 635. The molecule has 2 N–H and O–H groups in total. The topological polar surface area (TPSA) is 79.4 Å².